The van der Waals surface area contributed by atoms with Crippen molar-refractivity contribution in [1.29, 1.82) is 0 Å². The second-order valence-corrected chi connectivity index (χ2v) is 7.30. The topological polar surface area (TPSA) is 83.6 Å². The van der Waals surface area contributed by atoms with Gasteiger partial charge in [0.1, 0.15) is 10.7 Å². The van der Waals surface area contributed by atoms with Crippen LogP contribution in [0.15, 0.2) is 17.0 Å². The molecule has 0 bridgehead atoms. The fourth-order valence-electron chi connectivity index (χ4n) is 2.64. The number of hydrogen-bond donors (Lipinski definition) is 2. The van der Waals surface area contributed by atoms with Gasteiger partial charge in [-0.15, -0.1) is 0 Å². The average molecular weight is 316 g/mol. The van der Waals surface area contributed by atoms with Gasteiger partial charge in [-0.1, -0.05) is 12.8 Å². The number of aliphatic hydroxyl groups is 1. The van der Waals surface area contributed by atoms with Crippen molar-refractivity contribution in [3.05, 3.63) is 23.5 Å². The second-order valence-electron chi connectivity index (χ2n) is 5.44. The highest BCUT2D eigenvalue weighted by Gasteiger charge is 2.34. The highest BCUT2D eigenvalue weighted by atomic mass is 32.2. The summed E-state index contributed by atoms with van der Waals surface area (Å²) in [5.41, 5.74) is 6.46. The Morgan fingerprint density at radius 3 is 2.76 bits per heavy atom. The number of halogens is 1. The molecule has 3 N–H and O–H groups in total. The first kappa shape index (κ1) is 16.2. The van der Waals surface area contributed by atoms with Gasteiger partial charge < -0.3 is 10.8 Å². The van der Waals surface area contributed by atoms with E-state index in [9.17, 15) is 17.9 Å². The average Bonchev–Trinajstić information content (AvgIpc) is 2.68. The van der Waals surface area contributed by atoms with Crippen LogP contribution >= 0.6 is 0 Å². The molecule has 1 heterocycles. The minimum atomic E-state index is -4.00. The van der Waals surface area contributed by atoms with Crippen molar-refractivity contribution in [1.82, 2.24) is 4.31 Å². The molecule has 1 unspecified atom stereocenters. The van der Waals surface area contributed by atoms with Crippen LogP contribution < -0.4 is 5.73 Å². The van der Waals surface area contributed by atoms with Crippen LogP contribution in [0.25, 0.3) is 0 Å². The highest BCUT2D eigenvalue weighted by Crippen LogP contribution is 2.28. The molecule has 1 aromatic carbocycles. The van der Waals surface area contributed by atoms with E-state index in [1.54, 1.807) is 6.92 Å². The van der Waals surface area contributed by atoms with Crippen LogP contribution in [0.5, 0.6) is 0 Å². The van der Waals surface area contributed by atoms with Crippen LogP contribution in [0.4, 0.5) is 10.1 Å². The van der Waals surface area contributed by atoms with Crippen LogP contribution in [-0.2, 0) is 10.0 Å². The smallest absolute Gasteiger partial charge is 0.246 e. The molecule has 0 amide bonds. The Labute approximate surface area is 124 Å². The molecule has 118 valence electrons. The first-order chi connectivity index (χ1) is 9.87. The van der Waals surface area contributed by atoms with E-state index in [1.807, 2.05) is 0 Å². The van der Waals surface area contributed by atoms with Gasteiger partial charge in [0.15, 0.2) is 0 Å². The number of aliphatic hydroxyl groups excluding tert-OH is 1. The molecule has 2 rings (SSSR count). The summed E-state index contributed by atoms with van der Waals surface area (Å²) >= 11 is 0. The Morgan fingerprint density at radius 2 is 2.10 bits per heavy atom. The Hall–Kier alpha value is -1.18. The summed E-state index contributed by atoms with van der Waals surface area (Å²) in [7, 11) is -4.00. The maximum atomic E-state index is 14.1. The van der Waals surface area contributed by atoms with Gasteiger partial charge in [-0.3, -0.25) is 0 Å². The van der Waals surface area contributed by atoms with Crippen molar-refractivity contribution >= 4 is 15.7 Å². The summed E-state index contributed by atoms with van der Waals surface area (Å²) in [4.78, 5) is -0.411. The first-order valence-corrected chi connectivity index (χ1v) is 8.50. The molecular weight excluding hydrogens is 295 g/mol. The fourth-order valence-corrected chi connectivity index (χ4v) is 4.41. The standard InChI is InChI=1S/C14H21FN2O3S/c1-10-7-12(15)14(8-13(10)16)21(19,20)17-6-4-2-3-5-11(17)9-18/h7-8,11,18H,2-6,9,16H2,1H3. The van der Waals surface area contributed by atoms with Gasteiger partial charge in [0.25, 0.3) is 0 Å². The predicted octanol–water partition coefficient (Wildman–Crippen LogP) is 1.64. The number of hydrogen-bond acceptors (Lipinski definition) is 4. The Morgan fingerprint density at radius 1 is 1.38 bits per heavy atom. The maximum absolute atomic E-state index is 14.1. The monoisotopic (exact) mass is 316 g/mol. The molecule has 1 aliphatic heterocycles. The molecule has 1 aromatic rings. The molecule has 1 saturated heterocycles. The second kappa shape index (κ2) is 6.29. The molecule has 0 spiro atoms. The molecule has 1 atom stereocenters. The van der Waals surface area contributed by atoms with E-state index in [0.717, 1.165) is 18.9 Å². The summed E-state index contributed by atoms with van der Waals surface area (Å²) in [6.45, 7) is 1.65. The lowest BCUT2D eigenvalue weighted by Gasteiger charge is -2.28. The van der Waals surface area contributed by atoms with Gasteiger partial charge in [0.2, 0.25) is 10.0 Å². The SMILES string of the molecule is Cc1cc(F)c(S(=O)(=O)N2CCCCCC2CO)cc1N. The lowest BCUT2D eigenvalue weighted by atomic mass is 10.1. The molecule has 0 radical (unpaired) electrons. The van der Waals surface area contributed by atoms with Crippen LogP contribution in [-0.4, -0.2) is 37.0 Å². The van der Waals surface area contributed by atoms with E-state index in [1.165, 1.54) is 10.4 Å². The zero-order valence-electron chi connectivity index (χ0n) is 12.0. The molecular formula is C14H21FN2O3S. The van der Waals surface area contributed by atoms with Crippen LogP contribution in [0.2, 0.25) is 0 Å². The fraction of sp³-hybridized carbons (Fsp3) is 0.571. The number of nitrogen functional groups attached to an aromatic ring is 1. The van der Waals surface area contributed by atoms with Crippen molar-refractivity contribution in [2.45, 2.75) is 43.5 Å². The Balaban J connectivity index is 2.47. The number of nitrogens with zero attached hydrogens (tertiary/aromatic N) is 1. The number of benzene rings is 1. The third-order valence-electron chi connectivity index (χ3n) is 3.94. The highest BCUT2D eigenvalue weighted by molar-refractivity contribution is 7.89. The van der Waals surface area contributed by atoms with Gasteiger partial charge in [-0.25, -0.2) is 12.8 Å². The van der Waals surface area contributed by atoms with Crippen molar-refractivity contribution in [3.63, 3.8) is 0 Å². The molecule has 1 fully saturated rings. The number of rotatable bonds is 3. The van der Waals surface area contributed by atoms with Gasteiger partial charge in [0.05, 0.1) is 6.61 Å². The molecule has 21 heavy (non-hydrogen) atoms. The minimum Gasteiger partial charge on any atom is -0.398 e. The molecule has 5 nitrogen and oxygen atoms in total. The lowest BCUT2D eigenvalue weighted by molar-refractivity contribution is 0.186. The predicted molar refractivity (Wildman–Crippen MR) is 78.8 cm³/mol. The van der Waals surface area contributed by atoms with E-state index in [0.29, 0.717) is 24.9 Å². The normalized spacial score (nSPS) is 21.2. The lowest BCUT2D eigenvalue weighted by Crippen LogP contribution is -2.42. The summed E-state index contributed by atoms with van der Waals surface area (Å²) in [6, 6.07) is 1.80. The minimum absolute atomic E-state index is 0.241. The van der Waals surface area contributed by atoms with E-state index in [2.05, 4.69) is 0 Å². The quantitative estimate of drug-likeness (QED) is 0.830. The molecule has 0 saturated carbocycles. The van der Waals surface area contributed by atoms with E-state index < -0.39 is 26.8 Å². The Bertz CT molecular complexity index is 619. The molecule has 0 aromatic heterocycles. The van der Waals surface area contributed by atoms with Crippen molar-refractivity contribution in [2.75, 3.05) is 18.9 Å². The zero-order chi connectivity index (χ0) is 15.6. The first-order valence-electron chi connectivity index (χ1n) is 7.06. The summed E-state index contributed by atoms with van der Waals surface area (Å²) in [5, 5.41) is 9.44. The number of nitrogens with two attached hydrogens (primary N) is 1. The van der Waals surface area contributed by atoms with Crippen LogP contribution in [0, 0.1) is 12.7 Å². The molecule has 1 aliphatic rings. The van der Waals surface area contributed by atoms with Crippen LogP contribution in [0.1, 0.15) is 31.2 Å². The molecule has 0 aliphatic carbocycles. The van der Waals surface area contributed by atoms with Gasteiger partial charge >= 0.3 is 0 Å². The maximum Gasteiger partial charge on any atom is 0.246 e. The summed E-state index contributed by atoms with van der Waals surface area (Å²) in [5.74, 6) is -0.803. The Kier molecular flexibility index (Phi) is 4.85. The van der Waals surface area contributed by atoms with E-state index >= 15 is 0 Å². The van der Waals surface area contributed by atoms with Gasteiger partial charge in [-0.05, 0) is 37.5 Å². The van der Waals surface area contributed by atoms with Crippen LogP contribution in [0.3, 0.4) is 0 Å². The van der Waals surface area contributed by atoms with E-state index in [-0.39, 0.29) is 12.3 Å². The van der Waals surface area contributed by atoms with Crippen molar-refractivity contribution < 1.29 is 17.9 Å². The summed E-state index contributed by atoms with van der Waals surface area (Å²) in [6.07, 6.45) is 3.05. The van der Waals surface area contributed by atoms with Gasteiger partial charge in [0, 0.05) is 18.3 Å². The third-order valence-corrected chi connectivity index (χ3v) is 5.91. The number of aryl methyl sites for hydroxylation is 1. The third kappa shape index (κ3) is 3.20. The number of anilines is 1. The van der Waals surface area contributed by atoms with E-state index in [4.69, 9.17) is 5.73 Å². The molecule has 7 heteroatoms. The van der Waals surface area contributed by atoms with Crippen molar-refractivity contribution in [2.24, 2.45) is 0 Å². The van der Waals surface area contributed by atoms with Crippen molar-refractivity contribution in [3.8, 4) is 0 Å². The largest absolute Gasteiger partial charge is 0.398 e. The zero-order valence-corrected chi connectivity index (χ0v) is 12.9. The van der Waals surface area contributed by atoms with Gasteiger partial charge in [-0.2, -0.15) is 4.31 Å². The number of sulfonamides is 1. The summed E-state index contributed by atoms with van der Waals surface area (Å²) < 4.78 is 40.7.